The molecule has 0 spiro atoms. The summed E-state index contributed by atoms with van der Waals surface area (Å²) in [5.41, 5.74) is 7.26. The first-order valence-corrected chi connectivity index (χ1v) is 14.4. The summed E-state index contributed by atoms with van der Waals surface area (Å²) < 4.78 is 35.8. The maximum absolute atomic E-state index is 14.2. The van der Waals surface area contributed by atoms with Gasteiger partial charge in [-0.1, -0.05) is 23.7 Å². The van der Waals surface area contributed by atoms with Crippen molar-refractivity contribution in [1.29, 1.82) is 0 Å². The van der Waals surface area contributed by atoms with Crippen molar-refractivity contribution < 1.29 is 39.7 Å². The number of halogens is 1. The second-order valence-electron chi connectivity index (χ2n) is 10.8. The van der Waals surface area contributed by atoms with Crippen molar-refractivity contribution in [3.05, 3.63) is 120 Å². The van der Waals surface area contributed by atoms with Gasteiger partial charge >= 0.3 is 21.1 Å². The largest absolute Gasteiger partial charge is 2.00 e. The quantitative estimate of drug-likeness (QED) is 0.152. The Morgan fingerprint density at radius 3 is 2.26 bits per heavy atom. The van der Waals surface area contributed by atoms with Gasteiger partial charge in [-0.2, -0.15) is 17.2 Å². The Morgan fingerprint density at radius 1 is 0.783 bits per heavy atom. The molecular formula is C37H29FN4O3Pt. The fraction of sp³-hybridized carbons (Fsp3) is 0.135. The molecule has 0 aliphatic rings. The SMILES string of the molecule is COc1c(C)c(C)c(C)c(OC)c1-c1cnn(-c2[c-]c(Oc3[c-]c4c(cc3)c3ccccc3n4-c3cc(F)ccn3)ccc2)c1.[Pt+2]. The average molecular weight is 792 g/mol. The van der Waals surface area contributed by atoms with Gasteiger partial charge in [0.2, 0.25) is 0 Å². The van der Waals surface area contributed by atoms with E-state index in [1.165, 1.54) is 18.3 Å². The number of pyridine rings is 1. The van der Waals surface area contributed by atoms with Crippen LogP contribution in [0.2, 0.25) is 0 Å². The number of rotatable bonds is 7. The van der Waals surface area contributed by atoms with Gasteiger partial charge < -0.3 is 18.8 Å². The van der Waals surface area contributed by atoms with Crippen molar-refractivity contribution in [1.82, 2.24) is 19.3 Å². The first-order chi connectivity index (χ1) is 21.9. The number of methoxy groups -OCH3 is 2. The topological polar surface area (TPSA) is 63.3 Å². The van der Waals surface area contributed by atoms with Crippen LogP contribution >= 0.6 is 0 Å². The molecular weight excluding hydrogens is 763 g/mol. The zero-order chi connectivity index (χ0) is 31.2. The van der Waals surface area contributed by atoms with E-state index in [4.69, 9.17) is 14.2 Å². The molecule has 46 heavy (non-hydrogen) atoms. The standard InChI is InChI=1S/C37H29FN4O3.Pt/c1-22-23(2)36(43-4)35(37(44-5)24(22)3)25-20-40-41(21-25)27-9-8-10-28(18-27)45-29-13-14-31-30-11-6-7-12-32(30)42(33(31)19-29)34-17-26(38)15-16-39-34;/h6-17,20-21H,1-5H3;/q-2;+2. The van der Waals surface area contributed by atoms with E-state index >= 15 is 0 Å². The predicted molar refractivity (Wildman–Crippen MR) is 173 cm³/mol. The molecule has 0 bridgehead atoms. The molecule has 7 rings (SSSR count). The summed E-state index contributed by atoms with van der Waals surface area (Å²) >= 11 is 0. The minimum Gasteiger partial charge on any atom is -0.509 e. The van der Waals surface area contributed by atoms with E-state index in [1.807, 2.05) is 79.2 Å². The molecule has 7 aromatic rings. The molecule has 0 saturated heterocycles. The number of benzene rings is 4. The van der Waals surface area contributed by atoms with Crippen LogP contribution in [-0.2, 0) is 21.1 Å². The van der Waals surface area contributed by atoms with Crippen molar-refractivity contribution in [2.75, 3.05) is 14.2 Å². The molecule has 0 amide bonds. The molecule has 0 atom stereocenters. The van der Waals surface area contributed by atoms with Crippen LogP contribution in [0.25, 0.3) is 44.4 Å². The number of aromatic nitrogens is 4. The summed E-state index contributed by atoms with van der Waals surface area (Å²) in [6, 6.07) is 26.8. The second kappa shape index (κ2) is 12.5. The molecule has 4 aromatic carbocycles. The van der Waals surface area contributed by atoms with Crippen molar-refractivity contribution in [2.24, 2.45) is 0 Å². The molecule has 0 aliphatic heterocycles. The summed E-state index contributed by atoms with van der Waals surface area (Å²) in [6.07, 6.45) is 5.17. The zero-order valence-corrected chi connectivity index (χ0v) is 28.1. The third kappa shape index (κ3) is 5.22. The Morgan fingerprint density at radius 2 is 1.52 bits per heavy atom. The van der Waals surface area contributed by atoms with E-state index in [9.17, 15) is 4.39 Å². The first-order valence-electron chi connectivity index (χ1n) is 14.4. The van der Waals surface area contributed by atoms with E-state index < -0.39 is 0 Å². The van der Waals surface area contributed by atoms with E-state index in [-0.39, 0.29) is 26.9 Å². The van der Waals surface area contributed by atoms with Gasteiger partial charge in [0.15, 0.2) is 0 Å². The summed E-state index contributed by atoms with van der Waals surface area (Å²) in [4.78, 5) is 4.43. The van der Waals surface area contributed by atoms with Crippen LogP contribution in [0.4, 0.5) is 4.39 Å². The number of nitrogens with zero attached hydrogens (tertiary/aromatic N) is 4. The van der Waals surface area contributed by atoms with E-state index in [0.29, 0.717) is 23.0 Å². The Hall–Kier alpha value is -4.94. The van der Waals surface area contributed by atoms with Crippen molar-refractivity contribution in [2.45, 2.75) is 20.8 Å². The zero-order valence-electron chi connectivity index (χ0n) is 25.8. The molecule has 0 saturated carbocycles. The molecule has 0 fully saturated rings. The molecule has 232 valence electrons. The van der Waals surface area contributed by atoms with Crippen LogP contribution in [0.1, 0.15) is 16.7 Å². The Kier molecular flexibility index (Phi) is 8.41. The number of ether oxygens (including phenoxy) is 3. The van der Waals surface area contributed by atoms with Crippen LogP contribution in [-0.4, -0.2) is 33.6 Å². The summed E-state index contributed by atoms with van der Waals surface area (Å²) in [5, 5.41) is 6.60. The summed E-state index contributed by atoms with van der Waals surface area (Å²) in [6.45, 7) is 6.16. The van der Waals surface area contributed by atoms with E-state index in [1.54, 1.807) is 25.1 Å². The minimum atomic E-state index is -0.365. The van der Waals surface area contributed by atoms with Crippen molar-refractivity contribution in [3.63, 3.8) is 0 Å². The third-order valence-electron chi connectivity index (χ3n) is 8.25. The number of hydrogen-bond acceptors (Lipinski definition) is 5. The Labute approximate surface area is 280 Å². The smallest absolute Gasteiger partial charge is 0.509 e. The molecule has 0 N–H and O–H groups in total. The molecule has 3 heterocycles. The van der Waals surface area contributed by atoms with Gasteiger partial charge in [0.25, 0.3) is 0 Å². The Bertz CT molecular complexity index is 2210. The third-order valence-corrected chi connectivity index (χ3v) is 8.25. The maximum atomic E-state index is 14.2. The molecule has 3 aromatic heterocycles. The van der Waals surface area contributed by atoms with Crippen molar-refractivity contribution in [3.8, 4) is 45.6 Å². The monoisotopic (exact) mass is 791 g/mol. The van der Waals surface area contributed by atoms with Gasteiger partial charge in [0.05, 0.1) is 26.0 Å². The Balaban J connectivity index is 0.00000372. The van der Waals surface area contributed by atoms with Gasteiger partial charge in [0.1, 0.15) is 23.1 Å². The number of hydrogen-bond donors (Lipinski definition) is 0. The van der Waals surface area contributed by atoms with Gasteiger partial charge in [-0.15, -0.1) is 35.7 Å². The van der Waals surface area contributed by atoms with Crippen molar-refractivity contribution >= 4 is 21.8 Å². The fourth-order valence-corrected chi connectivity index (χ4v) is 5.89. The van der Waals surface area contributed by atoms with E-state index in [0.717, 1.165) is 61.1 Å². The summed E-state index contributed by atoms with van der Waals surface area (Å²) in [7, 11) is 3.34. The first kappa shape index (κ1) is 31.1. The van der Waals surface area contributed by atoms with Crippen LogP contribution in [0, 0.1) is 38.7 Å². The molecule has 7 nitrogen and oxygen atoms in total. The van der Waals surface area contributed by atoms with Crippen LogP contribution in [0.5, 0.6) is 23.0 Å². The minimum absolute atomic E-state index is 0. The van der Waals surface area contributed by atoms with Gasteiger partial charge in [-0.25, -0.2) is 9.37 Å². The molecule has 0 aliphatic carbocycles. The number of para-hydroxylation sites is 1. The van der Waals surface area contributed by atoms with Gasteiger partial charge in [-0.3, -0.25) is 4.68 Å². The number of fused-ring (bicyclic) bond motifs is 3. The average Bonchev–Trinajstić information content (AvgIpc) is 3.67. The second-order valence-corrected chi connectivity index (χ2v) is 10.8. The van der Waals surface area contributed by atoms with Gasteiger partial charge in [0, 0.05) is 41.0 Å². The molecule has 0 radical (unpaired) electrons. The molecule has 0 unspecified atom stereocenters. The maximum Gasteiger partial charge on any atom is 2.00 e. The van der Waals surface area contributed by atoms with Crippen LogP contribution < -0.4 is 14.2 Å². The van der Waals surface area contributed by atoms with Crippen LogP contribution in [0.3, 0.4) is 0 Å². The van der Waals surface area contributed by atoms with Crippen LogP contribution in [0.15, 0.2) is 85.3 Å². The normalized spacial score (nSPS) is 11.1. The van der Waals surface area contributed by atoms with Gasteiger partial charge in [-0.05, 0) is 60.7 Å². The fourth-order valence-electron chi connectivity index (χ4n) is 5.89. The summed E-state index contributed by atoms with van der Waals surface area (Å²) in [5.74, 6) is 2.59. The molecule has 9 heteroatoms. The predicted octanol–water partition coefficient (Wildman–Crippen LogP) is 8.50. The van der Waals surface area contributed by atoms with E-state index in [2.05, 4.69) is 29.1 Å².